The van der Waals surface area contributed by atoms with Crippen LogP contribution in [0, 0.1) is 12.3 Å². The molecule has 0 atom stereocenters. The number of aryl methyl sites for hydroxylation is 1. The Hall–Kier alpha value is -4.06. The molecule has 2 N–H and O–H groups in total. The summed E-state index contributed by atoms with van der Waals surface area (Å²) in [5.41, 5.74) is 4.28. The van der Waals surface area contributed by atoms with Crippen LogP contribution < -0.4 is 10.6 Å². The van der Waals surface area contributed by atoms with Crippen molar-refractivity contribution in [3.63, 3.8) is 0 Å². The van der Waals surface area contributed by atoms with Crippen LogP contribution in [0.3, 0.4) is 0 Å². The number of ether oxygens (including phenoxy) is 1. The number of benzene rings is 1. The molecule has 3 aromatic heterocycles. The molecule has 0 saturated heterocycles. The summed E-state index contributed by atoms with van der Waals surface area (Å²) in [5, 5.41) is 5.73. The van der Waals surface area contributed by atoms with Gasteiger partial charge < -0.3 is 24.4 Å². The molecule has 0 fully saturated rings. The molecule has 0 aliphatic heterocycles. The Morgan fingerprint density at radius 2 is 2.20 bits per heavy atom. The summed E-state index contributed by atoms with van der Waals surface area (Å²) in [5.74, 6) is 3.48. The van der Waals surface area contributed by atoms with Crippen molar-refractivity contribution < 1.29 is 13.9 Å². The van der Waals surface area contributed by atoms with Crippen molar-refractivity contribution in [2.45, 2.75) is 13.0 Å². The highest BCUT2D eigenvalue weighted by Gasteiger charge is 2.18. The molecular formula is C21H20N6O3. The van der Waals surface area contributed by atoms with E-state index in [0.29, 0.717) is 35.9 Å². The van der Waals surface area contributed by atoms with E-state index in [9.17, 15) is 4.79 Å². The van der Waals surface area contributed by atoms with Crippen LogP contribution in [0.5, 0.6) is 0 Å². The number of nitrogens with one attached hydrogen (secondary N) is 2. The fourth-order valence-corrected chi connectivity index (χ4v) is 3.12. The predicted molar refractivity (Wildman–Crippen MR) is 113 cm³/mol. The third-order valence-electron chi connectivity index (χ3n) is 4.54. The van der Waals surface area contributed by atoms with Gasteiger partial charge in [0, 0.05) is 32.6 Å². The third-order valence-corrected chi connectivity index (χ3v) is 4.54. The zero-order chi connectivity index (χ0) is 21.1. The molecule has 0 unspecified atom stereocenters. The summed E-state index contributed by atoms with van der Waals surface area (Å²) in [4.78, 5) is 25.2. The first-order valence-electron chi connectivity index (χ1n) is 9.33. The number of terminal acetylenes is 1. The monoisotopic (exact) mass is 404 g/mol. The lowest BCUT2D eigenvalue weighted by molar-refractivity contribution is 0.148. The Kier molecular flexibility index (Phi) is 5.22. The Labute approximate surface area is 172 Å². The molecule has 152 valence electrons. The number of pyridine rings is 1. The normalized spacial score (nSPS) is 10.8. The minimum atomic E-state index is -0.514. The van der Waals surface area contributed by atoms with Crippen molar-refractivity contribution in [2.24, 2.45) is 7.05 Å². The van der Waals surface area contributed by atoms with E-state index < -0.39 is 6.09 Å². The van der Waals surface area contributed by atoms with Gasteiger partial charge >= 0.3 is 6.09 Å². The largest absolute Gasteiger partial charge is 0.449 e. The van der Waals surface area contributed by atoms with E-state index >= 15 is 0 Å². The van der Waals surface area contributed by atoms with E-state index in [-0.39, 0.29) is 6.61 Å². The summed E-state index contributed by atoms with van der Waals surface area (Å²) >= 11 is 0. The van der Waals surface area contributed by atoms with Crippen molar-refractivity contribution >= 4 is 34.2 Å². The van der Waals surface area contributed by atoms with Gasteiger partial charge in [0.25, 0.3) is 5.71 Å². The van der Waals surface area contributed by atoms with Crippen molar-refractivity contribution in [1.82, 2.24) is 24.8 Å². The first kappa shape index (κ1) is 19.3. The highest BCUT2D eigenvalue weighted by Crippen LogP contribution is 2.31. The van der Waals surface area contributed by atoms with Crippen LogP contribution in [-0.2, 0) is 18.3 Å². The Bertz CT molecular complexity index is 1270. The van der Waals surface area contributed by atoms with Crippen LogP contribution in [0.25, 0.3) is 33.7 Å². The quantitative estimate of drug-likeness (QED) is 0.376. The second kappa shape index (κ2) is 8.13. The SMILES string of the molecule is C#CCCOC(=O)NCc1cccc(-c2nc3c(nc(NC)c4ncn(C)c43)o2)c1. The summed E-state index contributed by atoms with van der Waals surface area (Å²) < 4.78 is 12.8. The summed E-state index contributed by atoms with van der Waals surface area (Å²) in [6, 6.07) is 7.55. The van der Waals surface area contributed by atoms with Crippen molar-refractivity contribution in [1.29, 1.82) is 0 Å². The number of fused-ring (bicyclic) bond motifs is 3. The maximum absolute atomic E-state index is 11.7. The first-order chi connectivity index (χ1) is 14.6. The molecule has 4 aromatic rings. The number of oxazole rings is 1. The lowest BCUT2D eigenvalue weighted by Crippen LogP contribution is -2.24. The van der Waals surface area contributed by atoms with Crippen LogP contribution in [0.4, 0.5) is 10.6 Å². The average Bonchev–Trinajstić information content (AvgIpc) is 3.35. The number of carbonyl (C=O) groups excluding carboxylic acids is 1. The molecule has 30 heavy (non-hydrogen) atoms. The second-order valence-corrected chi connectivity index (χ2v) is 6.58. The summed E-state index contributed by atoms with van der Waals surface area (Å²) in [6.45, 7) is 0.493. The van der Waals surface area contributed by atoms with E-state index in [1.165, 1.54) is 0 Å². The summed E-state index contributed by atoms with van der Waals surface area (Å²) in [7, 11) is 3.69. The topological polar surface area (TPSA) is 107 Å². The Morgan fingerprint density at radius 3 is 3.00 bits per heavy atom. The number of aromatic nitrogens is 4. The Balaban J connectivity index is 1.61. The van der Waals surface area contributed by atoms with Gasteiger partial charge in [-0.25, -0.2) is 14.8 Å². The number of imidazole rings is 1. The van der Waals surface area contributed by atoms with Crippen molar-refractivity contribution in [3.05, 3.63) is 36.2 Å². The van der Waals surface area contributed by atoms with Crippen LogP contribution >= 0.6 is 0 Å². The average molecular weight is 404 g/mol. The van der Waals surface area contributed by atoms with Crippen molar-refractivity contribution in [2.75, 3.05) is 19.0 Å². The molecule has 4 rings (SSSR count). The van der Waals surface area contributed by atoms with E-state index in [0.717, 1.165) is 22.2 Å². The van der Waals surface area contributed by atoms with Gasteiger partial charge in [-0.2, -0.15) is 4.98 Å². The first-order valence-corrected chi connectivity index (χ1v) is 9.33. The van der Waals surface area contributed by atoms with Gasteiger partial charge in [0.2, 0.25) is 5.89 Å². The van der Waals surface area contributed by atoms with Crippen LogP contribution in [0.15, 0.2) is 35.0 Å². The van der Waals surface area contributed by atoms with Gasteiger partial charge in [-0.15, -0.1) is 12.3 Å². The molecule has 0 bridgehead atoms. The molecule has 0 aliphatic carbocycles. The standard InChI is InChI=1S/C21H20N6O3/c1-4-5-9-29-21(28)23-11-13-7-6-8-14(10-13)19-25-16-17-15(24-12-27(17)3)18(22-2)26-20(16)30-19/h1,6-8,10,12H,5,9,11H2,2-3H3,(H,22,26)(H,23,28). The lowest BCUT2D eigenvalue weighted by Gasteiger charge is -2.06. The van der Waals surface area contributed by atoms with Crippen LogP contribution in [0.2, 0.25) is 0 Å². The number of hydrogen-bond donors (Lipinski definition) is 2. The van der Waals surface area contributed by atoms with Gasteiger partial charge in [-0.3, -0.25) is 0 Å². The van der Waals surface area contributed by atoms with Gasteiger partial charge in [0.05, 0.1) is 6.33 Å². The number of amides is 1. The highest BCUT2D eigenvalue weighted by atomic mass is 16.5. The molecule has 1 aromatic carbocycles. The van der Waals surface area contributed by atoms with E-state index in [1.807, 2.05) is 35.9 Å². The molecule has 9 nitrogen and oxygen atoms in total. The van der Waals surface area contributed by atoms with Gasteiger partial charge in [0.15, 0.2) is 11.3 Å². The molecule has 1 amide bonds. The minimum Gasteiger partial charge on any atom is -0.449 e. The zero-order valence-electron chi connectivity index (χ0n) is 16.6. The van der Waals surface area contributed by atoms with Crippen LogP contribution in [-0.4, -0.2) is 39.3 Å². The zero-order valence-corrected chi connectivity index (χ0v) is 16.6. The fraction of sp³-hybridized carbons (Fsp3) is 0.238. The number of alkyl carbamates (subject to hydrolysis) is 1. The molecule has 0 radical (unpaired) electrons. The lowest BCUT2D eigenvalue weighted by atomic mass is 10.1. The van der Waals surface area contributed by atoms with Crippen LogP contribution in [0.1, 0.15) is 12.0 Å². The highest BCUT2D eigenvalue weighted by molar-refractivity contribution is 6.03. The number of anilines is 1. The minimum absolute atomic E-state index is 0.190. The summed E-state index contributed by atoms with van der Waals surface area (Å²) in [6.07, 6.45) is 6.73. The van der Waals surface area contributed by atoms with Gasteiger partial charge in [-0.05, 0) is 17.7 Å². The predicted octanol–water partition coefficient (Wildman–Crippen LogP) is 3.07. The number of nitrogens with zero attached hydrogens (tertiary/aromatic N) is 4. The van der Waals surface area contributed by atoms with Gasteiger partial charge in [0.1, 0.15) is 17.6 Å². The van der Waals surface area contributed by atoms with Gasteiger partial charge in [-0.1, -0.05) is 12.1 Å². The maximum atomic E-state index is 11.7. The Morgan fingerprint density at radius 1 is 1.33 bits per heavy atom. The molecule has 0 spiro atoms. The van der Waals surface area contributed by atoms with E-state index in [2.05, 4.69) is 31.5 Å². The molecule has 0 aliphatic rings. The molecule has 3 heterocycles. The fourth-order valence-electron chi connectivity index (χ4n) is 3.12. The molecular weight excluding hydrogens is 384 g/mol. The molecule has 9 heteroatoms. The molecule has 0 saturated carbocycles. The maximum Gasteiger partial charge on any atom is 0.407 e. The number of rotatable bonds is 6. The second-order valence-electron chi connectivity index (χ2n) is 6.58. The smallest absolute Gasteiger partial charge is 0.407 e. The van der Waals surface area contributed by atoms with E-state index in [1.54, 1.807) is 13.4 Å². The van der Waals surface area contributed by atoms with E-state index in [4.69, 9.17) is 15.6 Å². The van der Waals surface area contributed by atoms with Crippen molar-refractivity contribution in [3.8, 4) is 23.8 Å². The number of carbonyl (C=O) groups is 1. The third kappa shape index (κ3) is 3.63. The number of hydrogen-bond acceptors (Lipinski definition) is 7.